The van der Waals surface area contributed by atoms with E-state index in [-0.39, 0.29) is 24.5 Å². The summed E-state index contributed by atoms with van der Waals surface area (Å²) in [5, 5.41) is 12.5. The minimum absolute atomic E-state index is 0.0966. The van der Waals surface area contributed by atoms with Crippen LogP contribution >= 0.6 is 11.6 Å². The average Bonchev–Trinajstić information content (AvgIpc) is 2.95. The fourth-order valence-corrected chi connectivity index (χ4v) is 6.32. The molecule has 1 rings (SSSR count). The lowest BCUT2D eigenvalue weighted by Crippen LogP contribution is -2.33. The van der Waals surface area contributed by atoms with Crippen LogP contribution in [0.25, 0.3) is 0 Å². The molecule has 0 spiro atoms. The normalized spacial score (nSPS) is 12.0. The lowest BCUT2D eigenvalue weighted by molar-refractivity contribution is -0.137. The molecule has 0 atom stereocenters. The fourth-order valence-electron chi connectivity index (χ4n) is 4.64. The van der Waals surface area contributed by atoms with E-state index in [0.717, 1.165) is 19.3 Å². The summed E-state index contributed by atoms with van der Waals surface area (Å²) in [5.41, 5.74) is 0.950. The third-order valence-corrected chi connectivity index (χ3v) is 9.29. The third kappa shape index (κ3) is 15.6. The molecule has 0 amide bonds. The highest BCUT2D eigenvalue weighted by atomic mass is 35.5. The quantitative estimate of drug-likeness (QED) is 0.0713. The van der Waals surface area contributed by atoms with Crippen LogP contribution in [0.2, 0.25) is 5.02 Å². The zero-order valence-corrected chi connectivity index (χ0v) is 27.1. The number of sulfonamides is 1. The predicted octanol–water partition coefficient (Wildman–Crippen LogP) is 8.99. The first-order valence-electron chi connectivity index (χ1n) is 15.6. The summed E-state index contributed by atoms with van der Waals surface area (Å²) in [5.74, 6) is -0.479. The molecule has 0 saturated heterocycles. The summed E-state index contributed by atoms with van der Waals surface area (Å²) in [4.78, 5) is 12.0. The number of hydrogen-bond donors (Lipinski definition) is 1. The number of carbonyl (C=O) groups is 1. The summed E-state index contributed by atoms with van der Waals surface area (Å²) in [6.45, 7) is 6.63. The molecular formula is C32H52ClN3O4S. The van der Waals surface area contributed by atoms with Gasteiger partial charge in [0.1, 0.15) is 0 Å². The van der Waals surface area contributed by atoms with Gasteiger partial charge in [0.2, 0.25) is 10.0 Å². The number of hydrogen-bond acceptors (Lipinski definition) is 6. The van der Waals surface area contributed by atoms with Gasteiger partial charge >= 0.3 is 5.97 Å². The van der Waals surface area contributed by atoms with Crippen molar-refractivity contribution < 1.29 is 17.9 Å². The third-order valence-electron chi connectivity index (χ3n) is 7.06. The Labute approximate surface area is 254 Å². The largest absolute Gasteiger partial charge is 0.463 e. The first-order chi connectivity index (χ1) is 19.8. The van der Waals surface area contributed by atoms with Crippen LogP contribution in [-0.2, 0) is 19.6 Å². The summed E-state index contributed by atoms with van der Waals surface area (Å²) < 4.78 is 33.5. The van der Waals surface area contributed by atoms with Crippen LogP contribution in [0.5, 0.6) is 0 Å². The Hall–Kier alpha value is -2.08. The van der Waals surface area contributed by atoms with Gasteiger partial charge in [-0.3, -0.25) is 0 Å². The molecule has 41 heavy (non-hydrogen) atoms. The van der Waals surface area contributed by atoms with E-state index in [0.29, 0.717) is 29.4 Å². The van der Waals surface area contributed by atoms with Gasteiger partial charge < -0.3 is 10.1 Å². The van der Waals surface area contributed by atoms with Gasteiger partial charge in [-0.05, 0) is 38.0 Å². The first kappa shape index (κ1) is 36.9. The molecule has 0 radical (unpaired) electrons. The van der Waals surface area contributed by atoms with Gasteiger partial charge in [0, 0.05) is 31.3 Å². The number of ether oxygens (including phenoxy) is 1. The summed E-state index contributed by atoms with van der Waals surface area (Å²) >= 11 is 6.35. The van der Waals surface area contributed by atoms with E-state index in [1.165, 1.54) is 99.2 Å². The molecule has 0 aromatic heterocycles. The van der Waals surface area contributed by atoms with Gasteiger partial charge in [0.05, 0.1) is 28.3 Å². The van der Waals surface area contributed by atoms with Gasteiger partial charge in [-0.25, -0.2) is 13.2 Å². The predicted molar refractivity (Wildman–Crippen MR) is 169 cm³/mol. The van der Waals surface area contributed by atoms with E-state index in [2.05, 4.69) is 18.3 Å². The molecular weight excluding hydrogens is 558 g/mol. The van der Waals surface area contributed by atoms with Crippen molar-refractivity contribution in [3.63, 3.8) is 0 Å². The van der Waals surface area contributed by atoms with E-state index in [4.69, 9.17) is 21.6 Å². The molecule has 9 heteroatoms. The topological polar surface area (TPSA) is 99.5 Å². The zero-order valence-electron chi connectivity index (χ0n) is 25.6. The second-order valence-electron chi connectivity index (χ2n) is 10.5. The lowest BCUT2D eigenvalue weighted by atomic mass is 10.0. The molecule has 0 fully saturated rings. The molecule has 1 N–H and O–H groups in total. The van der Waals surface area contributed by atoms with Gasteiger partial charge in [-0.2, -0.15) is 9.57 Å². The van der Waals surface area contributed by atoms with Crippen LogP contribution in [0.3, 0.4) is 0 Å². The molecule has 232 valence electrons. The number of nitrogens with zero attached hydrogens (tertiary/aromatic N) is 2. The smallest absolute Gasteiger partial charge is 0.332 e. The fraction of sp³-hybridized carbons (Fsp3) is 0.688. The van der Waals surface area contributed by atoms with Crippen LogP contribution < -0.4 is 5.32 Å². The molecule has 0 unspecified atom stereocenters. The van der Waals surface area contributed by atoms with Gasteiger partial charge in [0.25, 0.3) is 0 Å². The standard InChI is InChI=1S/C32H52ClN3O4S/c1-4-7-8-9-10-11-12-13-14-15-16-17-18-19-24-36(25-20-23-34)41(38,39)29-21-22-30(33)31(27-29)35-28(5-2)26-32(37)40-6-3/h21-22,26-27,35H,4-20,24-25H2,1-3H3. The highest BCUT2D eigenvalue weighted by Crippen LogP contribution is 2.29. The minimum Gasteiger partial charge on any atom is -0.463 e. The van der Waals surface area contributed by atoms with Crippen molar-refractivity contribution in [3.8, 4) is 6.07 Å². The van der Waals surface area contributed by atoms with Crippen molar-refractivity contribution in [2.24, 2.45) is 0 Å². The molecule has 0 bridgehead atoms. The number of halogens is 1. The van der Waals surface area contributed by atoms with Crippen LogP contribution in [0, 0.1) is 11.3 Å². The average molecular weight is 610 g/mol. The summed E-state index contributed by atoms with van der Waals surface area (Å²) in [7, 11) is -3.83. The van der Waals surface area contributed by atoms with Gasteiger partial charge in [0.15, 0.2) is 0 Å². The number of unbranched alkanes of at least 4 members (excludes halogenated alkanes) is 13. The van der Waals surface area contributed by atoms with Crippen molar-refractivity contribution in [2.45, 2.75) is 128 Å². The monoisotopic (exact) mass is 609 g/mol. The molecule has 0 aliphatic carbocycles. The number of nitrogens with one attached hydrogen (secondary N) is 1. The van der Waals surface area contributed by atoms with Crippen molar-refractivity contribution in [1.82, 2.24) is 4.31 Å². The van der Waals surface area contributed by atoms with Crippen molar-refractivity contribution in [1.29, 1.82) is 5.26 Å². The molecule has 0 heterocycles. The number of esters is 1. The van der Waals surface area contributed by atoms with Gasteiger partial charge in [-0.15, -0.1) is 0 Å². The van der Waals surface area contributed by atoms with E-state index in [1.54, 1.807) is 6.92 Å². The molecule has 7 nitrogen and oxygen atoms in total. The second kappa shape index (κ2) is 22.5. The first-order valence-corrected chi connectivity index (χ1v) is 17.4. The number of benzene rings is 1. The number of allylic oxidation sites excluding steroid dienone is 1. The van der Waals surface area contributed by atoms with Crippen LogP contribution in [0.15, 0.2) is 34.9 Å². The zero-order chi connectivity index (χ0) is 30.3. The Kier molecular flexibility index (Phi) is 20.3. The Morgan fingerprint density at radius 3 is 2.00 bits per heavy atom. The highest BCUT2D eigenvalue weighted by Gasteiger charge is 2.25. The second-order valence-corrected chi connectivity index (χ2v) is 12.8. The number of carbonyl (C=O) groups excluding carboxylic acids is 1. The molecule has 1 aromatic carbocycles. The van der Waals surface area contributed by atoms with Crippen molar-refractivity contribution >= 4 is 33.3 Å². The molecule has 0 aliphatic rings. The minimum atomic E-state index is -3.83. The maximum atomic E-state index is 13.5. The number of nitriles is 1. The number of anilines is 1. The maximum absolute atomic E-state index is 13.5. The van der Waals surface area contributed by atoms with E-state index in [1.807, 2.05) is 6.92 Å². The van der Waals surface area contributed by atoms with Crippen molar-refractivity contribution in [2.75, 3.05) is 25.0 Å². The molecule has 0 saturated carbocycles. The Bertz CT molecular complexity index is 1050. The van der Waals surface area contributed by atoms with Crippen molar-refractivity contribution in [3.05, 3.63) is 35.0 Å². The van der Waals surface area contributed by atoms with Crippen LogP contribution in [-0.4, -0.2) is 38.4 Å². The van der Waals surface area contributed by atoms with E-state index >= 15 is 0 Å². The summed E-state index contributed by atoms with van der Waals surface area (Å²) in [6.07, 6.45) is 19.2. The Morgan fingerprint density at radius 2 is 1.49 bits per heavy atom. The van der Waals surface area contributed by atoms with Crippen LogP contribution in [0.4, 0.5) is 5.69 Å². The van der Waals surface area contributed by atoms with Gasteiger partial charge in [-0.1, -0.05) is 109 Å². The van der Waals surface area contributed by atoms with Crippen LogP contribution in [0.1, 0.15) is 124 Å². The highest BCUT2D eigenvalue weighted by molar-refractivity contribution is 7.89. The Balaban J connectivity index is 2.62. The maximum Gasteiger partial charge on any atom is 0.332 e. The Morgan fingerprint density at radius 1 is 0.927 bits per heavy atom. The molecule has 1 aromatic rings. The lowest BCUT2D eigenvalue weighted by Gasteiger charge is -2.22. The van der Waals surface area contributed by atoms with E-state index in [9.17, 15) is 13.2 Å². The number of rotatable bonds is 24. The van der Waals surface area contributed by atoms with E-state index < -0.39 is 16.0 Å². The molecule has 0 aliphatic heterocycles. The summed E-state index contributed by atoms with van der Waals surface area (Å²) in [6, 6.07) is 6.56. The SMILES string of the molecule is CCCCCCCCCCCCCCCCN(CCC#N)S(=O)(=O)c1ccc(Cl)c(NC(=CC(=O)OCC)CC)c1.